The Morgan fingerprint density at radius 3 is 2.61 bits per heavy atom. The number of aliphatic hydroxyl groups is 1. The summed E-state index contributed by atoms with van der Waals surface area (Å²) < 4.78 is 3.80. The second kappa shape index (κ2) is 10.6. The average molecular weight is 491 g/mol. The zero-order valence-corrected chi connectivity index (χ0v) is 20.7. The lowest BCUT2D eigenvalue weighted by molar-refractivity contribution is 0.0949. The summed E-state index contributed by atoms with van der Waals surface area (Å²) >= 11 is 0. The van der Waals surface area contributed by atoms with Crippen LogP contribution in [0.2, 0.25) is 0 Å². The van der Waals surface area contributed by atoms with Crippen LogP contribution in [0.25, 0.3) is 27.9 Å². The van der Waals surface area contributed by atoms with Crippen LogP contribution >= 0.6 is 0 Å². The molecule has 190 valence electrons. The number of carbonyl (C=O) groups excluding carboxylic acids is 1. The van der Waals surface area contributed by atoms with Gasteiger partial charge in [0.25, 0.3) is 5.91 Å². The number of nitrogens with zero attached hydrogens (tertiary/aromatic N) is 6. The van der Waals surface area contributed by atoms with Gasteiger partial charge in [-0.2, -0.15) is 9.61 Å². The molecule has 2 fully saturated rings. The van der Waals surface area contributed by atoms with Crippen molar-refractivity contribution in [1.82, 2.24) is 29.0 Å². The molecule has 36 heavy (non-hydrogen) atoms. The van der Waals surface area contributed by atoms with Crippen molar-refractivity contribution in [3.63, 3.8) is 0 Å². The van der Waals surface area contributed by atoms with E-state index in [1.807, 2.05) is 25.4 Å². The first kappa shape index (κ1) is 24.2. The number of aliphatic hydroxyl groups excluding tert-OH is 1. The highest BCUT2D eigenvalue weighted by Gasteiger charge is 2.19. The molecule has 10 nitrogen and oxygen atoms in total. The lowest BCUT2D eigenvalue weighted by Crippen LogP contribution is -2.32. The molecule has 6 rings (SSSR count). The quantitative estimate of drug-likeness (QED) is 0.379. The predicted octanol–water partition coefficient (Wildman–Crippen LogP) is 2.90. The Morgan fingerprint density at radius 2 is 1.94 bits per heavy atom. The van der Waals surface area contributed by atoms with E-state index < -0.39 is 5.91 Å². The summed E-state index contributed by atoms with van der Waals surface area (Å²) in [5.74, 6) is 0.179. The van der Waals surface area contributed by atoms with Crippen molar-refractivity contribution < 1.29 is 9.90 Å². The van der Waals surface area contributed by atoms with Crippen LogP contribution in [0.5, 0.6) is 0 Å². The van der Waals surface area contributed by atoms with Gasteiger partial charge in [0.15, 0.2) is 5.65 Å². The molecule has 4 aromatic heterocycles. The number of carbonyl (C=O) groups is 1. The van der Waals surface area contributed by atoms with Crippen LogP contribution in [-0.2, 0) is 6.54 Å². The van der Waals surface area contributed by atoms with Gasteiger partial charge < -0.3 is 25.6 Å². The number of hydrogen-bond acceptors (Lipinski definition) is 7. The SMILES string of the molecule is CNc1cc(-c2cn(CCN3CCCCC3)c3ncccc23)nc2c(C(N)=O)cnn12.OC1CCC1. The van der Waals surface area contributed by atoms with Crippen molar-refractivity contribution in [3.8, 4) is 11.3 Å². The molecule has 4 N–H and O–H groups in total. The Bertz CT molecular complexity index is 1350. The van der Waals surface area contributed by atoms with Crippen molar-refractivity contribution in [2.45, 2.75) is 51.2 Å². The number of amides is 1. The number of likely N-dealkylation sites (tertiary alicyclic amines) is 1. The molecule has 1 saturated carbocycles. The summed E-state index contributed by atoms with van der Waals surface area (Å²) in [6.45, 7) is 4.21. The minimum absolute atomic E-state index is 0.0648. The van der Waals surface area contributed by atoms with E-state index in [2.05, 4.69) is 37.1 Å². The maximum atomic E-state index is 11.9. The highest BCUT2D eigenvalue weighted by atomic mass is 16.3. The van der Waals surface area contributed by atoms with Crippen LogP contribution < -0.4 is 11.1 Å². The second-order valence-corrected chi connectivity index (χ2v) is 9.53. The van der Waals surface area contributed by atoms with Gasteiger partial charge in [0.2, 0.25) is 0 Å². The van der Waals surface area contributed by atoms with Gasteiger partial charge in [0, 0.05) is 49.5 Å². The maximum absolute atomic E-state index is 11.9. The van der Waals surface area contributed by atoms with Crippen LogP contribution in [0.4, 0.5) is 5.82 Å². The molecule has 0 atom stereocenters. The first-order chi connectivity index (χ1) is 17.5. The standard InChI is InChI=1S/C22H26N8O.C4H8O/c1-24-19-12-18(27-22-16(20(23)31)13-26-30(19)22)17-14-29(21-15(17)6-5-7-25-21)11-10-28-8-3-2-4-9-28;5-4-2-1-3-4/h5-7,12-14,24H,2-4,8-11H2,1H3,(H2,23,31);4-5H,1-3H2. The Labute approximate surface area is 210 Å². The molecule has 4 aromatic rings. The zero-order chi connectivity index (χ0) is 25.1. The number of primary amides is 1. The molecule has 1 aliphatic carbocycles. The molecule has 2 aliphatic rings. The number of anilines is 1. The summed E-state index contributed by atoms with van der Waals surface area (Å²) in [6.07, 6.45) is 12.7. The first-order valence-electron chi connectivity index (χ1n) is 12.8. The van der Waals surface area contributed by atoms with Gasteiger partial charge in [-0.25, -0.2) is 9.97 Å². The number of nitrogens with one attached hydrogen (secondary N) is 1. The summed E-state index contributed by atoms with van der Waals surface area (Å²) in [5, 5.41) is 16.9. The molecule has 1 saturated heterocycles. The smallest absolute Gasteiger partial charge is 0.254 e. The monoisotopic (exact) mass is 490 g/mol. The Hall–Kier alpha value is -3.50. The first-order valence-corrected chi connectivity index (χ1v) is 12.8. The molecule has 1 amide bonds. The van der Waals surface area contributed by atoms with Crippen molar-refractivity contribution in [2.75, 3.05) is 32.0 Å². The van der Waals surface area contributed by atoms with E-state index in [0.29, 0.717) is 11.2 Å². The van der Waals surface area contributed by atoms with Gasteiger partial charge in [0.1, 0.15) is 17.0 Å². The highest BCUT2D eigenvalue weighted by Crippen LogP contribution is 2.31. The lowest BCUT2D eigenvalue weighted by Gasteiger charge is -2.26. The number of piperidine rings is 1. The number of nitrogens with two attached hydrogens (primary N) is 1. The molecule has 1 aliphatic heterocycles. The van der Waals surface area contributed by atoms with E-state index in [0.717, 1.165) is 54.0 Å². The van der Waals surface area contributed by atoms with E-state index in [1.165, 1.54) is 45.0 Å². The summed E-state index contributed by atoms with van der Waals surface area (Å²) in [4.78, 5) is 23.8. The number of pyridine rings is 1. The molecule has 0 unspecified atom stereocenters. The largest absolute Gasteiger partial charge is 0.393 e. The summed E-state index contributed by atoms with van der Waals surface area (Å²) in [6, 6.07) is 5.93. The fourth-order valence-corrected chi connectivity index (χ4v) is 4.77. The highest BCUT2D eigenvalue weighted by molar-refractivity contribution is 5.99. The number of hydrogen-bond donors (Lipinski definition) is 3. The predicted molar refractivity (Wildman–Crippen MR) is 140 cm³/mol. The van der Waals surface area contributed by atoms with Gasteiger partial charge in [0.05, 0.1) is 18.0 Å². The molecule has 0 aromatic carbocycles. The Kier molecular flexibility index (Phi) is 7.15. The van der Waals surface area contributed by atoms with Crippen LogP contribution in [0.1, 0.15) is 48.9 Å². The van der Waals surface area contributed by atoms with Crippen molar-refractivity contribution >= 4 is 28.4 Å². The molecule has 0 spiro atoms. The molecular formula is C26H34N8O2. The van der Waals surface area contributed by atoms with Crippen molar-refractivity contribution in [2.24, 2.45) is 5.73 Å². The van der Waals surface area contributed by atoms with E-state index in [9.17, 15) is 4.79 Å². The topological polar surface area (TPSA) is 127 Å². The second-order valence-electron chi connectivity index (χ2n) is 9.53. The van der Waals surface area contributed by atoms with Gasteiger partial charge in [-0.05, 0) is 57.3 Å². The Balaban J connectivity index is 0.000000477. The zero-order valence-electron chi connectivity index (χ0n) is 20.7. The van der Waals surface area contributed by atoms with E-state index >= 15 is 0 Å². The third-order valence-electron chi connectivity index (χ3n) is 7.08. The van der Waals surface area contributed by atoms with E-state index in [4.69, 9.17) is 15.8 Å². The molecule has 0 bridgehead atoms. The van der Waals surface area contributed by atoms with Crippen molar-refractivity contribution in [1.29, 1.82) is 0 Å². The maximum Gasteiger partial charge on any atom is 0.254 e. The molecule has 5 heterocycles. The minimum Gasteiger partial charge on any atom is -0.393 e. The van der Waals surface area contributed by atoms with Gasteiger partial charge >= 0.3 is 0 Å². The van der Waals surface area contributed by atoms with Crippen LogP contribution in [0.3, 0.4) is 0 Å². The number of fused-ring (bicyclic) bond motifs is 2. The number of rotatable bonds is 6. The normalized spacial score (nSPS) is 16.5. The van der Waals surface area contributed by atoms with Crippen molar-refractivity contribution in [3.05, 3.63) is 42.4 Å². The van der Waals surface area contributed by atoms with Gasteiger partial charge in [-0.3, -0.25) is 4.79 Å². The summed E-state index contributed by atoms with van der Waals surface area (Å²) in [7, 11) is 1.81. The van der Waals surface area contributed by atoms with Gasteiger partial charge in [-0.15, -0.1) is 0 Å². The molecule has 0 radical (unpaired) electrons. The lowest BCUT2D eigenvalue weighted by atomic mass is 9.97. The fourth-order valence-electron chi connectivity index (χ4n) is 4.77. The Morgan fingerprint density at radius 1 is 1.17 bits per heavy atom. The van der Waals surface area contributed by atoms with E-state index in [1.54, 1.807) is 4.52 Å². The van der Waals surface area contributed by atoms with Crippen LogP contribution in [-0.4, -0.2) is 72.8 Å². The molecular weight excluding hydrogens is 456 g/mol. The molecule has 10 heteroatoms. The van der Waals surface area contributed by atoms with Gasteiger partial charge in [-0.1, -0.05) is 6.42 Å². The average Bonchev–Trinajstić information content (AvgIpc) is 3.49. The minimum atomic E-state index is -0.549. The fraction of sp³-hybridized carbons (Fsp3) is 0.462. The summed E-state index contributed by atoms with van der Waals surface area (Å²) in [5.41, 5.74) is 8.92. The number of aromatic nitrogens is 5. The van der Waals surface area contributed by atoms with Crippen LogP contribution in [0.15, 0.2) is 36.8 Å². The third-order valence-corrected chi connectivity index (χ3v) is 7.08. The van der Waals surface area contributed by atoms with E-state index in [-0.39, 0.29) is 6.10 Å². The van der Waals surface area contributed by atoms with Crippen LogP contribution in [0, 0.1) is 0 Å². The third kappa shape index (κ3) is 4.91.